The number of hydrogen-bond acceptors (Lipinski definition) is 4. The molecule has 1 rings (SSSR count). The third-order valence-corrected chi connectivity index (χ3v) is 2.20. The van der Waals surface area contributed by atoms with E-state index in [0.717, 1.165) is 0 Å². The maximum Gasteiger partial charge on any atom is 0.275 e. The van der Waals surface area contributed by atoms with E-state index in [1.54, 1.807) is 0 Å². The molecule has 1 heterocycles. The Balaban J connectivity index is 2.90. The van der Waals surface area contributed by atoms with Crippen molar-refractivity contribution in [3.05, 3.63) is 0 Å². The first-order valence-corrected chi connectivity index (χ1v) is 5.83. The molecular weight excluding hydrogens is 216 g/mol. The predicted molar refractivity (Wildman–Crippen MR) is 68.1 cm³/mol. The second kappa shape index (κ2) is 4.20. The molecule has 0 saturated carbocycles. The first kappa shape index (κ1) is 13.8. The van der Waals surface area contributed by atoms with Crippen LogP contribution in [0.25, 0.3) is 0 Å². The van der Waals surface area contributed by atoms with E-state index in [0.29, 0.717) is 5.71 Å². The molecule has 0 spiro atoms. The summed E-state index contributed by atoms with van der Waals surface area (Å²) in [5, 5.41) is 14.0. The van der Waals surface area contributed by atoms with Crippen LogP contribution in [0.4, 0.5) is 0 Å². The van der Waals surface area contributed by atoms with E-state index in [1.807, 2.05) is 48.5 Å². The van der Waals surface area contributed by atoms with Crippen molar-refractivity contribution < 1.29 is 4.79 Å². The Kier molecular flexibility index (Phi) is 3.41. The SMILES string of the molecule is CC1=NN(C(C)(C)C)C(=O)C1N=NC(C)(C)C. The molecule has 1 unspecified atom stereocenters. The summed E-state index contributed by atoms with van der Waals surface area (Å²) in [6.07, 6.45) is 0. The number of rotatable bonds is 1. The van der Waals surface area contributed by atoms with E-state index < -0.39 is 6.04 Å². The van der Waals surface area contributed by atoms with Crippen LogP contribution >= 0.6 is 0 Å². The molecule has 0 bridgehead atoms. The molecule has 1 aliphatic heterocycles. The van der Waals surface area contributed by atoms with Crippen LogP contribution in [0.2, 0.25) is 0 Å². The van der Waals surface area contributed by atoms with Gasteiger partial charge in [0.05, 0.1) is 16.8 Å². The summed E-state index contributed by atoms with van der Waals surface area (Å²) in [5.41, 5.74) is 0.123. The average Bonchev–Trinajstić information content (AvgIpc) is 2.37. The fraction of sp³-hybridized carbons (Fsp3) is 0.833. The summed E-state index contributed by atoms with van der Waals surface area (Å²) >= 11 is 0. The molecular formula is C12H22N4O. The van der Waals surface area contributed by atoms with Crippen molar-refractivity contribution in [3.63, 3.8) is 0 Å². The van der Waals surface area contributed by atoms with Crippen molar-refractivity contribution >= 4 is 11.6 Å². The molecule has 0 aromatic heterocycles. The van der Waals surface area contributed by atoms with Crippen molar-refractivity contribution in [2.75, 3.05) is 0 Å². The maximum absolute atomic E-state index is 12.1. The minimum Gasteiger partial charge on any atom is -0.270 e. The van der Waals surface area contributed by atoms with Gasteiger partial charge in [-0.1, -0.05) is 0 Å². The normalized spacial score (nSPS) is 22.5. The van der Waals surface area contributed by atoms with E-state index in [4.69, 9.17) is 0 Å². The highest BCUT2D eigenvalue weighted by Gasteiger charge is 2.39. The molecule has 1 atom stereocenters. The molecule has 5 heteroatoms. The minimum atomic E-state index is -0.548. The summed E-state index contributed by atoms with van der Waals surface area (Å²) in [5.74, 6) is -0.0944. The highest BCUT2D eigenvalue weighted by molar-refractivity contribution is 6.11. The summed E-state index contributed by atoms with van der Waals surface area (Å²) in [6.45, 7) is 13.5. The number of nitrogens with zero attached hydrogens (tertiary/aromatic N) is 4. The van der Waals surface area contributed by atoms with Crippen LogP contribution in [0.1, 0.15) is 48.5 Å². The molecule has 0 aliphatic carbocycles. The molecule has 1 aliphatic rings. The zero-order valence-corrected chi connectivity index (χ0v) is 11.8. The van der Waals surface area contributed by atoms with Gasteiger partial charge in [-0.2, -0.15) is 15.3 Å². The molecule has 0 aromatic carbocycles. The zero-order valence-electron chi connectivity index (χ0n) is 11.8. The smallest absolute Gasteiger partial charge is 0.270 e. The van der Waals surface area contributed by atoms with Gasteiger partial charge < -0.3 is 0 Å². The van der Waals surface area contributed by atoms with Gasteiger partial charge in [0.1, 0.15) is 0 Å². The van der Waals surface area contributed by atoms with Crippen molar-refractivity contribution in [2.24, 2.45) is 15.3 Å². The lowest BCUT2D eigenvalue weighted by Gasteiger charge is -2.28. The molecule has 0 fully saturated rings. The van der Waals surface area contributed by atoms with Gasteiger partial charge in [-0.25, -0.2) is 5.01 Å². The Morgan fingerprint density at radius 1 is 1.18 bits per heavy atom. The molecule has 0 radical (unpaired) electrons. The van der Waals surface area contributed by atoms with Crippen molar-refractivity contribution in [1.29, 1.82) is 0 Å². The Morgan fingerprint density at radius 3 is 2.06 bits per heavy atom. The Morgan fingerprint density at radius 2 is 1.71 bits per heavy atom. The fourth-order valence-corrected chi connectivity index (χ4v) is 1.40. The zero-order chi connectivity index (χ0) is 13.4. The molecule has 96 valence electrons. The molecule has 17 heavy (non-hydrogen) atoms. The third-order valence-electron chi connectivity index (χ3n) is 2.20. The van der Waals surface area contributed by atoms with Gasteiger partial charge in [0, 0.05) is 0 Å². The molecule has 5 nitrogen and oxygen atoms in total. The number of carbonyl (C=O) groups is 1. The summed E-state index contributed by atoms with van der Waals surface area (Å²) < 4.78 is 0. The lowest BCUT2D eigenvalue weighted by atomic mass is 10.1. The molecule has 1 amide bonds. The molecule has 0 N–H and O–H groups in total. The van der Waals surface area contributed by atoms with Crippen LogP contribution in [0, 0.1) is 0 Å². The van der Waals surface area contributed by atoms with Crippen LogP contribution < -0.4 is 0 Å². The highest BCUT2D eigenvalue weighted by Crippen LogP contribution is 2.23. The second-order valence-electron chi connectivity index (χ2n) is 6.35. The molecule has 0 saturated heterocycles. The van der Waals surface area contributed by atoms with Crippen LogP contribution in [-0.2, 0) is 4.79 Å². The van der Waals surface area contributed by atoms with Gasteiger partial charge in [0.15, 0.2) is 6.04 Å². The van der Waals surface area contributed by atoms with E-state index in [1.165, 1.54) is 5.01 Å². The average molecular weight is 238 g/mol. The number of amides is 1. The summed E-state index contributed by atoms with van der Waals surface area (Å²) in [6, 6.07) is -0.548. The Hall–Kier alpha value is -1.26. The number of hydrogen-bond donors (Lipinski definition) is 0. The van der Waals surface area contributed by atoms with Crippen molar-refractivity contribution in [2.45, 2.75) is 65.6 Å². The van der Waals surface area contributed by atoms with Crippen LogP contribution in [0.15, 0.2) is 15.3 Å². The van der Waals surface area contributed by atoms with Gasteiger partial charge >= 0.3 is 0 Å². The number of carbonyl (C=O) groups excluding carboxylic acids is 1. The Labute approximate surface area is 103 Å². The second-order valence-corrected chi connectivity index (χ2v) is 6.35. The monoisotopic (exact) mass is 238 g/mol. The first-order valence-electron chi connectivity index (χ1n) is 5.83. The van der Waals surface area contributed by atoms with Crippen molar-refractivity contribution in [1.82, 2.24) is 5.01 Å². The van der Waals surface area contributed by atoms with E-state index >= 15 is 0 Å². The van der Waals surface area contributed by atoms with Gasteiger partial charge in [-0.05, 0) is 48.5 Å². The lowest BCUT2D eigenvalue weighted by molar-refractivity contribution is -0.134. The van der Waals surface area contributed by atoms with Gasteiger partial charge in [-0.15, -0.1) is 0 Å². The van der Waals surface area contributed by atoms with E-state index in [9.17, 15) is 4.79 Å². The predicted octanol–water partition coefficient (Wildman–Crippen LogP) is 2.62. The summed E-state index contributed by atoms with van der Waals surface area (Å²) in [7, 11) is 0. The quantitative estimate of drug-likeness (QED) is 0.648. The van der Waals surface area contributed by atoms with Crippen LogP contribution in [-0.4, -0.2) is 33.7 Å². The third kappa shape index (κ3) is 3.35. The van der Waals surface area contributed by atoms with E-state index in [-0.39, 0.29) is 17.0 Å². The van der Waals surface area contributed by atoms with Gasteiger partial charge in [-0.3, -0.25) is 4.79 Å². The molecule has 0 aromatic rings. The number of hydrazone groups is 1. The van der Waals surface area contributed by atoms with Gasteiger partial charge in [0.2, 0.25) is 0 Å². The minimum absolute atomic E-state index is 0.0944. The Bertz CT molecular complexity index is 371. The highest BCUT2D eigenvalue weighted by atomic mass is 16.2. The van der Waals surface area contributed by atoms with E-state index in [2.05, 4.69) is 15.3 Å². The van der Waals surface area contributed by atoms with Crippen molar-refractivity contribution in [3.8, 4) is 0 Å². The van der Waals surface area contributed by atoms with Gasteiger partial charge in [0.25, 0.3) is 5.91 Å². The summed E-state index contributed by atoms with van der Waals surface area (Å²) in [4.78, 5) is 12.1. The first-order chi connectivity index (χ1) is 7.52. The maximum atomic E-state index is 12.1. The van der Waals surface area contributed by atoms with Crippen LogP contribution in [0.3, 0.4) is 0 Å². The topological polar surface area (TPSA) is 57.4 Å². The fourth-order valence-electron chi connectivity index (χ4n) is 1.40. The standard InChI is InChI=1S/C12H22N4O/c1-8-9(13-15-11(2,3)4)10(17)16(14-8)12(5,6)7/h9H,1-7H3. The van der Waals surface area contributed by atoms with Crippen LogP contribution in [0.5, 0.6) is 0 Å². The number of azo groups is 1. The lowest BCUT2D eigenvalue weighted by Crippen LogP contribution is -2.42. The largest absolute Gasteiger partial charge is 0.275 e.